The number of amides is 2. The van der Waals surface area contributed by atoms with E-state index in [-0.39, 0.29) is 18.1 Å². The maximum Gasteiger partial charge on any atom is 0.317 e. The molecule has 2 amide bonds. The van der Waals surface area contributed by atoms with E-state index in [0.717, 1.165) is 37.1 Å². The molecule has 2 aromatic carbocycles. The van der Waals surface area contributed by atoms with Gasteiger partial charge < -0.3 is 10.2 Å². The van der Waals surface area contributed by atoms with Gasteiger partial charge in [-0.25, -0.2) is 4.79 Å². The van der Waals surface area contributed by atoms with Gasteiger partial charge in [0.15, 0.2) is 0 Å². The molecule has 0 unspecified atom stereocenters. The van der Waals surface area contributed by atoms with Gasteiger partial charge in [0.2, 0.25) is 0 Å². The fraction of sp³-hybridized carbons (Fsp3) is 0.480. The van der Waals surface area contributed by atoms with Gasteiger partial charge in [0.25, 0.3) is 0 Å². The number of urea groups is 1. The average Bonchev–Trinajstić information content (AvgIpc) is 2.86. The molecule has 32 heavy (non-hydrogen) atoms. The SMILES string of the molecule is [N-]=[N+]=N[C@@H](c1ccccc1)[C@@H](c1ccccc1)N1CCN(C(=O)NC2CCCCC2)CC1. The predicted molar refractivity (Wildman–Crippen MR) is 126 cm³/mol. The van der Waals surface area contributed by atoms with Crippen LogP contribution in [-0.2, 0) is 0 Å². The van der Waals surface area contributed by atoms with E-state index in [1.54, 1.807) is 0 Å². The molecule has 2 aromatic rings. The molecular formula is C25H32N6O. The van der Waals surface area contributed by atoms with Crippen LogP contribution in [0.5, 0.6) is 0 Å². The summed E-state index contributed by atoms with van der Waals surface area (Å²) in [5.41, 5.74) is 11.5. The van der Waals surface area contributed by atoms with E-state index in [0.29, 0.717) is 19.1 Å². The summed E-state index contributed by atoms with van der Waals surface area (Å²) in [5.74, 6) is 0. The average molecular weight is 433 g/mol. The minimum absolute atomic E-state index is 0.0578. The number of rotatable bonds is 6. The fourth-order valence-electron chi connectivity index (χ4n) is 4.98. The third kappa shape index (κ3) is 5.42. The van der Waals surface area contributed by atoms with Crippen molar-refractivity contribution >= 4 is 6.03 Å². The molecule has 1 saturated heterocycles. The van der Waals surface area contributed by atoms with Crippen molar-refractivity contribution in [2.24, 2.45) is 5.11 Å². The Morgan fingerprint density at radius 2 is 1.50 bits per heavy atom. The molecule has 1 saturated carbocycles. The second-order valence-corrected chi connectivity index (χ2v) is 8.72. The molecule has 0 spiro atoms. The zero-order valence-corrected chi connectivity index (χ0v) is 18.5. The Morgan fingerprint density at radius 3 is 2.09 bits per heavy atom. The highest BCUT2D eigenvalue weighted by Crippen LogP contribution is 2.37. The highest BCUT2D eigenvalue weighted by atomic mass is 16.2. The Morgan fingerprint density at radius 1 is 0.906 bits per heavy atom. The van der Waals surface area contributed by atoms with Crippen molar-refractivity contribution < 1.29 is 4.79 Å². The number of carbonyl (C=O) groups excluding carboxylic acids is 1. The van der Waals surface area contributed by atoms with Gasteiger partial charge in [-0.15, -0.1) is 0 Å². The quantitative estimate of drug-likeness (QED) is 0.374. The lowest BCUT2D eigenvalue weighted by atomic mass is 9.92. The van der Waals surface area contributed by atoms with Crippen molar-refractivity contribution in [1.29, 1.82) is 0 Å². The molecule has 2 aliphatic rings. The van der Waals surface area contributed by atoms with E-state index < -0.39 is 0 Å². The van der Waals surface area contributed by atoms with Gasteiger partial charge in [-0.1, -0.05) is 85.0 Å². The van der Waals surface area contributed by atoms with Crippen LogP contribution < -0.4 is 5.32 Å². The molecule has 168 valence electrons. The number of nitrogens with one attached hydrogen (secondary N) is 1. The summed E-state index contributed by atoms with van der Waals surface area (Å²) in [4.78, 5) is 20.3. The van der Waals surface area contributed by atoms with Crippen molar-refractivity contribution in [2.45, 2.75) is 50.2 Å². The van der Waals surface area contributed by atoms with Crippen LogP contribution in [-0.4, -0.2) is 48.1 Å². The van der Waals surface area contributed by atoms with Gasteiger partial charge in [-0.05, 0) is 29.5 Å². The standard InChI is InChI=1S/C25H32N6O/c26-29-28-23(20-10-4-1-5-11-20)24(21-12-6-2-7-13-21)30-16-18-31(19-17-30)25(32)27-22-14-8-3-9-15-22/h1-2,4-7,10-13,22-24H,3,8-9,14-19H2,(H,27,32)/t23-,24+/m0/s1. The first-order valence-corrected chi connectivity index (χ1v) is 11.7. The smallest absolute Gasteiger partial charge is 0.317 e. The van der Waals surface area contributed by atoms with Crippen LogP contribution in [0.15, 0.2) is 65.8 Å². The van der Waals surface area contributed by atoms with E-state index in [1.807, 2.05) is 53.4 Å². The number of azide groups is 1. The van der Waals surface area contributed by atoms with Crippen LogP contribution >= 0.6 is 0 Å². The minimum atomic E-state index is -0.341. The van der Waals surface area contributed by atoms with Crippen molar-refractivity contribution in [2.75, 3.05) is 26.2 Å². The summed E-state index contributed by atoms with van der Waals surface area (Å²) in [5, 5.41) is 7.46. The molecule has 1 aliphatic carbocycles. The van der Waals surface area contributed by atoms with E-state index >= 15 is 0 Å². The van der Waals surface area contributed by atoms with Gasteiger partial charge in [-0.2, -0.15) is 0 Å². The van der Waals surface area contributed by atoms with Crippen LogP contribution in [0.1, 0.15) is 55.3 Å². The Hall–Kier alpha value is -3.02. The maximum atomic E-state index is 12.8. The lowest BCUT2D eigenvalue weighted by Crippen LogP contribution is -2.54. The molecular weight excluding hydrogens is 400 g/mol. The lowest BCUT2D eigenvalue weighted by molar-refractivity contribution is 0.0946. The number of hydrogen-bond acceptors (Lipinski definition) is 3. The van der Waals surface area contributed by atoms with Gasteiger partial charge in [0, 0.05) is 43.2 Å². The minimum Gasteiger partial charge on any atom is -0.335 e. The summed E-state index contributed by atoms with van der Waals surface area (Å²) < 4.78 is 0. The van der Waals surface area contributed by atoms with Crippen LogP contribution in [0, 0.1) is 0 Å². The van der Waals surface area contributed by atoms with Gasteiger partial charge in [0.05, 0.1) is 6.04 Å². The first-order chi connectivity index (χ1) is 15.8. The molecule has 2 atom stereocenters. The van der Waals surface area contributed by atoms with Crippen LogP contribution in [0.2, 0.25) is 0 Å². The molecule has 1 N–H and O–H groups in total. The normalized spacial score (nSPS) is 19.6. The molecule has 2 fully saturated rings. The number of benzene rings is 2. The fourth-order valence-corrected chi connectivity index (χ4v) is 4.98. The summed E-state index contributed by atoms with van der Waals surface area (Å²) in [6.07, 6.45) is 5.87. The molecule has 7 nitrogen and oxygen atoms in total. The first-order valence-electron chi connectivity index (χ1n) is 11.7. The number of nitrogens with zero attached hydrogens (tertiary/aromatic N) is 5. The largest absolute Gasteiger partial charge is 0.335 e. The van der Waals surface area contributed by atoms with Crippen LogP contribution in [0.25, 0.3) is 10.4 Å². The van der Waals surface area contributed by atoms with Crippen molar-refractivity contribution in [3.63, 3.8) is 0 Å². The number of piperazine rings is 1. The molecule has 7 heteroatoms. The Balaban J connectivity index is 1.49. The molecule has 0 aromatic heterocycles. The summed E-state index contributed by atoms with van der Waals surface area (Å²) in [7, 11) is 0. The second-order valence-electron chi connectivity index (χ2n) is 8.72. The zero-order valence-electron chi connectivity index (χ0n) is 18.5. The van der Waals surface area contributed by atoms with E-state index in [4.69, 9.17) is 0 Å². The Kier molecular flexibility index (Phi) is 7.64. The first kappa shape index (κ1) is 22.2. The van der Waals surface area contributed by atoms with Crippen LogP contribution in [0.4, 0.5) is 4.79 Å². The van der Waals surface area contributed by atoms with Crippen molar-refractivity contribution in [3.05, 3.63) is 82.2 Å². The van der Waals surface area contributed by atoms with Crippen molar-refractivity contribution in [3.8, 4) is 0 Å². The van der Waals surface area contributed by atoms with Crippen LogP contribution in [0.3, 0.4) is 0 Å². The maximum absolute atomic E-state index is 12.8. The van der Waals surface area contributed by atoms with Gasteiger partial charge in [0.1, 0.15) is 0 Å². The highest BCUT2D eigenvalue weighted by Gasteiger charge is 2.33. The lowest BCUT2D eigenvalue weighted by Gasteiger charge is -2.42. The number of carbonyl (C=O) groups is 1. The second kappa shape index (κ2) is 11.0. The molecule has 1 heterocycles. The zero-order chi connectivity index (χ0) is 22.2. The molecule has 1 aliphatic heterocycles. The Labute approximate surface area is 190 Å². The Bertz CT molecular complexity index is 901. The topological polar surface area (TPSA) is 84.3 Å². The third-order valence-corrected chi connectivity index (χ3v) is 6.68. The van der Waals surface area contributed by atoms with Gasteiger partial charge in [-0.3, -0.25) is 4.90 Å². The molecule has 0 bridgehead atoms. The number of hydrogen-bond donors (Lipinski definition) is 1. The monoisotopic (exact) mass is 432 g/mol. The molecule has 4 rings (SSSR count). The molecule has 0 radical (unpaired) electrons. The van der Waals surface area contributed by atoms with Crippen molar-refractivity contribution in [1.82, 2.24) is 15.1 Å². The van der Waals surface area contributed by atoms with E-state index in [9.17, 15) is 10.3 Å². The van der Waals surface area contributed by atoms with E-state index in [2.05, 4.69) is 32.4 Å². The summed E-state index contributed by atoms with van der Waals surface area (Å²) >= 11 is 0. The third-order valence-electron chi connectivity index (χ3n) is 6.68. The predicted octanol–water partition coefficient (Wildman–Crippen LogP) is 5.44. The summed E-state index contributed by atoms with van der Waals surface area (Å²) in [6.45, 7) is 2.81. The van der Waals surface area contributed by atoms with Gasteiger partial charge >= 0.3 is 6.03 Å². The summed E-state index contributed by atoms with van der Waals surface area (Å²) in [6, 6.07) is 20.1. The van der Waals surface area contributed by atoms with E-state index in [1.165, 1.54) is 19.3 Å². The highest BCUT2D eigenvalue weighted by molar-refractivity contribution is 5.74.